The van der Waals surface area contributed by atoms with Gasteiger partial charge in [-0.1, -0.05) is 143 Å². The summed E-state index contributed by atoms with van der Waals surface area (Å²) in [6, 6.07) is 68.1. The van der Waals surface area contributed by atoms with Gasteiger partial charge in [-0.3, -0.25) is 0 Å². The van der Waals surface area contributed by atoms with Crippen molar-refractivity contribution in [2.75, 3.05) is 4.90 Å². The van der Waals surface area contributed by atoms with Gasteiger partial charge in [-0.15, -0.1) is 0 Å². The number of fused-ring (bicyclic) bond motifs is 9. The maximum atomic E-state index is 5.10. The van der Waals surface area contributed by atoms with E-state index in [0.717, 1.165) is 16.9 Å². The van der Waals surface area contributed by atoms with Crippen LogP contribution in [0.3, 0.4) is 0 Å². The number of anilines is 3. The normalized spacial score (nSPS) is 15.2. The van der Waals surface area contributed by atoms with Gasteiger partial charge in [0.2, 0.25) is 0 Å². The third kappa shape index (κ3) is 4.31. The van der Waals surface area contributed by atoms with Gasteiger partial charge in [-0.2, -0.15) is 0 Å². The SMILES string of the molecule is C=C1c2cc(-n3c4ccccc4c4ccccc43)cc3c2N2c4c1cc(-n1c5ccccc5c5ccccc51)cc4C(C)(C)c1cc(-n4c5ccccc5c5ccccc54)cc(c12)C3(C)C. The van der Waals surface area contributed by atoms with Crippen LogP contribution in [-0.2, 0) is 10.8 Å². The molecule has 0 saturated heterocycles. The zero-order valence-electron chi connectivity index (χ0n) is 37.3. The van der Waals surface area contributed by atoms with Crippen molar-refractivity contribution in [1.29, 1.82) is 0 Å². The lowest BCUT2D eigenvalue weighted by Gasteiger charge is -2.53. The Hall–Kier alpha value is -8.08. The summed E-state index contributed by atoms with van der Waals surface area (Å²) in [6.45, 7) is 14.9. The lowest BCUT2D eigenvalue weighted by molar-refractivity contribution is 0.594. The van der Waals surface area contributed by atoms with Gasteiger partial charge in [0.1, 0.15) is 0 Å². The molecule has 4 heteroatoms. The summed E-state index contributed by atoms with van der Waals surface area (Å²) < 4.78 is 7.47. The van der Waals surface area contributed by atoms with E-state index in [1.54, 1.807) is 0 Å². The topological polar surface area (TPSA) is 18.0 Å². The molecule has 0 bridgehead atoms. The van der Waals surface area contributed by atoms with Crippen molar-refractivity contribution in [1.82, 2.24) is 13.7 Å². The Kier molecular flexibility index (Phi) is 6.69. The summed E-state index contributed by atoms with van der Waals surface area (Å²) in [5.74, 6) is 0. The molecule has 312 valence electrons. The number of para-hydroxylation sites is 6. The molecule has 0 fully saturated rings. The number of hydrogen-bond acceptors (Lipinski definition) is 1. The van der Waals surface area contributed by atoms with E-state index in [0.29, 0.717) is 0 Å². The van der Waals surface area contributed by atoms with E-state index in [4.69, 9.17) is 6.58 Å². The van der Waals surface area contributed by atoms with Crippen molar-refractivity contribution in [2.45, 2.75) is 38.5 Å². The van der Waals surface area contributed by atoms with Crippen LogP contribution in [0.2, 0.25) is 0 Å². The molecule has 4 nitrogen and oxygen atoms in total. The van der Waals surface area contributed by atoms with E-state index >= 15 is 0 Å². The largest absolute Gasteiger partial charge is 0.309 e. The van der Waals surface area contributed by atoms with Crippen molar-refractivity contribution in [2.24, 2.45) is 0 Å². The maximum absolute atomic E-state index is 5.10. The Morgan fingerprint density at radius 2 is 0.561 bits per heavy atom. The third-order valence-corrected chi connectivity index (χ3v) is 15.8. The average Bonchev–Trinajstić information content (AvgIpc) is 3.99. The van der Waals surface area contributed by atoms with E-state index in [-0.39, 0.29) is 10.8 Å². The van der Waals surface area contributed by atoms with E-state index in [1.165, 1.54) is 122 Å². The fourth-order valence-electron chi connectivity index (χ4n) is 12.7. The number of hydrogen-bond donors (Lipinski definition) is 0. The van der Waals surface area contributed by atoms with Crippen LogP contribution in [0.5, 0.6) is 0 Å². The van der Waals surface area contributed by atoms with Gasteiger partial charge in [-0.05, 0) is 101 Å². The van der Waals surface area contributed by atoms with Crippen LogP contribution in [0, 0.1) is 0 Å². The molecule has 0 spiro atoms. The summed E-state index contributed by atoms with van der Waals surface area (Å²) in [5, 5.41) is 7.56. The minimum absolute atomic E-state index is 0.386. The number of rotatable bonds is 3. The fraction of sp³-hybridized carbons (Fsp3) is 0.0968. The summed E-state index contributed by atoms with van der Waals surface area (Å²) in [4.78, 5) is 2.66. The monoisotopic (exact) mass is 844 g/mol. The van der Waals surface area contributed by atoms with Gasteiger partial charge in [0.25, 0.3) is 0 Å². The first-order chi connectivity index (χ1) is 32.2. The van der Waals surface area contributed by atoms with Crippen LogP contribution in [-0.4, -0.2) is 13.7 Å². The molecule has 0 N–H and O–H groups in total. The van der Waals surface area contributed by atoms with Crippen molar-refractivity contribution < 1.29 is 0 Å². The maximum Gasteiger partial charge on any atom is 0.0583 e. The van der Waals surface area contributed by atoms with Gasteiger partial charge in [0.05, 0.1) is 50.2 Å². The van der Waals surface area contributed by atoms with Gasteiger partial charge in [0.15, 0.2) is 0 Å². The zero-order chi connectivity index (χ0) is 44.0. The number of nitrogens with zero attached hydrogens (tertiary/aromatic N) is 4. The lowest BCUT2D eigenvalue weighted by atomic mass is 9.63. The molecular weight excluding hydrogens is 801 g/mol. The molecule has 0 amide bonds. The second-order valence-electron chi connectivity index (χ2n) is 19.8. The quantitative estimate of drug-likeness (QED) is 0.173. The highest BCUT2D eigenvalue weighted by Crippen LogP contribution is 2.66. The van der Waals surface area contributed by atoms with Crippen molar-refractivity contribution >= 4 is 88.1 Å². The van der Waals surface area contributed by atoms with Crippen LogP contribution in [0.1, 0.15) is 61.1 Å². The average molecular weight is 845 g/mol. The minimum atomic E-state index is -0.386. The molecule has 3 aliphatic heterocycles. The highest BCUT2D eigenvalue weighted by atomic mass is 15.2. The molecule has 12 aromatic rings. The van der Waals surface area contributed by atoms with Crippen molar-refractivity contribution in [3.63, 3.8) is 0 Å². The van der Waals surface area contributed by atoms with Crippen molar-refractivity contribution in [3.8, 4) is 17.1 Å². The fourth-order valence-corrected chi connectivity index (χ4v) is 12.7. The Morgan fingerprint density at radius 1 is 0.318 bits per heavy atom. The van der Waals surface area contributed by atoms with Gasteiger partial charge >= 0.3 is 0 Å². The molecule has 0 saturated carbocycles. The highest BCUT2D eigenvalue weighted by Gasteiger charge is 2.50. The number of benzene rings is 9. The minimum Gasteiger partial charge on any atom is -0.309 e. The summed E-state index contributed by atoms with van der Waals surface area (Å²) >= 11 is 0. The second kappa shape index (κ2) is 12.2. The van der Waals surface area contributed by atoms with Gasteiger partial charge in [-0.25, -0.2) is 0 Å². The first-order valence-corrected chi connectivity index (χ1v) is 23.2. The van der Waals surface area contributed by atoms with E-state index in [2.05, 4.69) is 228 Å². The van der Waals surface area contributed by atoms with Crippen LogP contribution in [0.15, 0.2) is 189 Å². The van der Waals surface area contributed by atoms with E-state index < -0.39 is 0 Å². The van der Waals surface area contributed by atoms with Crippen molar-refractivity contribution in [3.05, 3.63) is 222 Å². The van der Waals surface area contributed by atoms with Crippen LogP contribution >= 0.6 is 0 Å². The molecule has 66 heavy (non-hydrogen) atoms. The third-order valence-electron chi connectivity index (χ3n) is 15.8. The molecule has 0 atom stereocenters. The number of aromatic nitrogens is 3. The Bertz CT molecular complexity index is 3830. The van der Waals surface area contributed by atoms with Crippen LogP contribution in [0.25, 0.3) is 88.1 Å². The van der Waals surface area contributed by atoms with E-state index in [9.17, 15) is 0 Å². The molecule has 0 aliphatic carbocycles. The van der Waals surface area contributed by atoms with Crippen LogP contribution in [0.4, 0.5) is 17.1 Å². The molecule has 0 unspecified atom stereocenters. The molecule has 9 aromatic carbocycles. The predicted molar refractivity (Wildman–Crippen MR) is 277 cm³/mol. The Morgan fingerprint density at radius 3 is 0.848 bits per heavy atom. The zero-order valence-corrected chi connectivity index (χ0v) is 37.3. The predicted octanol–water partition coefficient (Wildman–Crippen LogP) is 16.1. The summed E-state index contributed by atoms with van der Waals surface area (Å²) in [6.07, 6.45) is 0. The second-order valence-corrected chi connectivity index (χ2v) is 19.8. The molecular formula is C62H44N4. The molecule has 6 heterocycles. The Labute approximate surface area is 382 Å². The lowest BCUT2D eigenvalue weighted by Crippen LogP contribution is -2.40. The standard InChI is InChI=1S/C62H44N4/c1-36-46-30-37(63-52-24-12-6-18-40(52)41-19-7-13-25-53(41)63)32-48-58(46)66-59-47(36)31-38(64-54-26-14-8-20-42(54)43-21-9-15-27-55(43)64)33-49(59)62(4,5)51-35-39(34-50(60(51)66)61(48,2)3)65-56-28-16-10-22-44(56)45-23-11-17-29-57(45)65/h6-35H,1H2,2-5H3. The molecule has 3 aromatic heterocycles. The van der Waals surface area contributed by atoms with E-state index in [1.807, 2.05) is 0 Å². The highest BCUT2D eigenvalue weighted by molar-refractivity contribution is 6.14. The smallest absolute Gasteiger partial charge is 0.0583 e. The first kappa shape index (κ1) is 36.3. The molecule has 3 aliphatic rings. The Balaban J connectivity index is 1.09. The van der Waals surface area contributed by atoms with Gasteiger partial charge < -0.3 is 18.6 Å². The van der Waals surface area contributed by atoms with Gasteiger partial charge in [0, 0.05) is 71.3 Å². The molecule has 15 rings (SSSR count). The summed E-state index contributed by atoms with van der Waals surface area (Å²) in [7, 11) is 0. The van der Waals surface area contributed by atoms with Crippen LogP contribution < -0.4 is 4.90 Å². The summed E-state index contributed by atoms with van der Waals surface area (Å²) in [5.41, 5.74) is 22.5. The molecule has 0 radical (unpaired) electrons. The first-order valence-electron chi connectivity index (χ1n) is 23.2.